The summed E-state index contributed by atoms with van der Waals surface area (Å²) in [5.41, 5.74) is 13.7. The Bertz CT molecular complexity index is 1050. The average molecular weight is 405 g/mol. The van der Waals surface area contributed by atoms with E-state index >= 15 is 0 Å². The molecule has 6 N–H and O–H groups in total. The first-order valence-electron chi connectivity index (χ1n) is 9.31. The van der Waals surface area contributed by atoms with Crippen molar-refractivity contribution < 1.29 is 4.74 Å². The second kappa shape index (κ2) is 8.99. The van der Waals surface area contributed by atoms with E-state index in [-0.39, 0.29) is 23.0 Å². The summed E-state index contributed by atoms with van der Waals surface area (Å²) in [5, 5.41) is 23.8. The third-order valence-corrected chi connectivity index (χ3v) is 4.55. The molecule has 10 heteroatoms. The van der Waals surface area contributed by atoms with Gasteiger partial charge >= 0.3 is 0 Å². The number of rotatable bonds is 6. The molecule has 0 fully saturated rings. The topological polar surface area (TPSA) is 161 Å². The fourth-order valence-corrected chi connectivity index (χ4v) is 3.17. The number of nitriles is 2. The van der Waals surface area contributed by atoms with Gasteiger partial charge in [0.15, 0.2) is 6.19 Å². The third kappa shape index (κ3) is 4.35. The number of aliphatic imine (C=N–C) groups is 1. The highest BCUT2D eigenvalue weighted by Crippen LogP contribution is 2.41. The van der Waals surface area contributed by atoms with Gasteiger partial charge < -0.3 is 26.4 Å². The summed E-state index contributed by atoms with van der Waals surface area (Å²) in [6.45, 7) is 1.50. The smallest absolute Gasteiger partial charge is 0.211 e. The van der Waals surface area contributed by atoms with E-state index in [9.17, 15) is 5.26 Å². The maximum absolute atomic E-state index is 9.41. The molecule has 0 saturated carbocycles. The van der Waals surface area contributed by atoms with Gasteiger partial charge in [-0.05, 0) is 38.2 Å². The van der Waals surface area contributed by atoms with Crippen molar-refractivity contribution in [1.82, 2.24) is 15.2 Å². The molecule has 1 aliphatic heterocycles. The van der Waals surface area contributed by atoms with Gasteiger partial charge in [-0.1, -0.05) is 12.1 Å². The molecule has 3 rings (SSSR count). The number of guanidine groups is 1. The van der Waals surface area contributed by atoms with Crippen LogP contribution in [-0.2, 0) is 0 Å². The Morgan fingerprint density at radius 3 is 2.80 bits per heavy atom. The summed E-state index contributed by atoms with van der Waals surface area (Å²) >= 11 is 0. The summed E-state index contributed by atoms with van der Waals surface area (Å²) in [5.74, 6) is 1.26. The van der Waals surface area contributed by atoms with Crippen LogP contribution in [0.3, 0.4) is 0 Å². The number of hydrogen-bond donors (Lipinski definition) is 4. The molecule has 0 saturated heterocycles. The number of nitrogens with two attached hydrogens (primary N) is 2. The van der Waals surface area contributed by atoms with Crippen LogP contribution in [0.4, 0.5) is 17.3 Å². The molecule has 1 aromatic carbocycles. The highest BCUT2D eigenvalue weighted by molar-refractivity contribution is 5.98. The number of hydrogen-bond acceptors (Lipinski definition) is 10. The second-order valence-electron chi connectivity index (χ2n) is 6.98. The lowest BCUT2D eigenvalue weighted by Crippen LogP contribution is -2.32. The van der Waals surface area contributed by atoms with Gasteiger partial charge in [0.2, 0.25) is 5.96 Å². The van der Waals surface area contributed by atoms with Crippen LogP contribution in [0.25, 0.3) is 0 Å². The van der Waals surface area contributed by atoms with Crippen LogP contribution in [0, 0.1) is 22.8 Å². The molecule has 0 aliphatic carbocycles. The van der Waals surface area contributed by atoms with Gasteiger partial charge in [-0.25, -0.2) is 9.98 Å². The van der Waals surface area contributed by atoms with E-state index in [0.29, 0.717) is 23.7 Å². The Kier molecular flexibility index (Phi) is 6.20. The van der Waals surface area contributed by atoms with Gasteiger partial charge in [-0.15, -0.1) is 0 Å². The molecule has 1 atom stereocenters. The number of nitrogens with one attached hydrogen (secondary N) is 2. The fraction of sp³-hybridized carbons (Fsp3) is 0.300. The highest BCUT2D eigenvalue weighted by atomic mass is 16.5. The molecule has 1 aliphatic rings. The van der Waals surface area contributed by atoms with E-state index in [2.05, 4.69) is 25.5 Å². The molecule has 30 heavy (non-hydrogen) atoms. The zero-order valence-corrected chi connectivity index (χ0v) is 16.8. The number of benzene rings is 1. The maximum atomic E-state index is 9.41. The standard InChI is InChI=1S/C20H23N9O/c1-29(2)7-4-8-30-13-6-3-5-12(9-13)17-15-16(23)14(10-21)18(24)27-19(15)28-20(26-17)25-11-22/h3,5-6,9,17H,4,7-8H2,1-2H3,(H6,23,24,25,26,27,28). The summed E-state index contributed by atoms with van der Waals surface area (Å²) in [4.78, 5) is 10.9. The third-order valence-electron chi connectivity index (χ3n) is 4.55. The highest BCUT2D eigenvalue weighted by Gasteiger charge is 2.29. The zero-order chi connectivity index (χ0) is 21.7. The van der Waals surface area contributed by atoms with Gasteiger partial charge in [0.1, 0.15) is 35.1 Å². The van der Waals surface area contributed by atoms with Crippen molar-refractivity contribution in [3.05, 3.63) is 41.0 Å². The van der Waals surface area contributed by atoms with Crippen LogP contribution in [0.15, 0.2) is 29.3 Å². The zero-order valence-electron chi connectivity index (χ0n) is 16.8. The molecule has 0 radical (unpaired) electrons. The molecule has 154 valence electrons. The minimum absolute atomic E-state index is 0.0104. The minimum Gasteiger partial charge on any atom is -0.494 e. The maximum Gasteiger partial charge on any atom is 0.211 e. The van der Waals surface area contributed by atoms with Crippen molar-refractivity contribution in [3.63, 3.8) is 0 Å². The van der Waals surface area contributed by atoms with E-state index in [1.165, 1.54) is 0 Å². The van der Waals surface area contributed by atoms with Crippen molar-refractivity contribution in [2.75, 3.05) is 44.0 Å². The van der Waals surface area contributed by atoms with Gasteiger partial charge in [0, 0.05) is 12.1 Å². The number of anilines is 3. The molecule has 2 aromatic rings. The lowest BCUT2D eigenvalue weighted by atomic mass is 9.95. The van der Waals surface area contributed by atoms with Crippen molar-refractivity contribution in [2.45, 2.75) is 12.5 Å². The molecule has 1 aromatic heterocycles. The van der Waals surface area contributed by atoms with E-state index in [1.807, 2.05) is 50.6 Å². The van der Waals surface area contributed by atoms with Crippen molar-refractivity contribution in [2.24, 2.45) is 4.99 Å². The van der Waals surface area contributed by atoms with Crippen LogP contribution >= 0.6 is 0 Å². The van der Waals surface area contributed by atoms with Gasteiger partial charge in [-0.2, -0.15) is 10.5 Å². The Balaban J connectivity index is 1.98. The summed E-state index contributed by atoms with van der Waals surface area (Å²) in [6.07, 6.45) is 2.72. The second-order valence-corrected chi connectivity index (χ2v) is 6.98. The lowest BCUT2D eigenvalue weighted by molar-refractivity contribution is 0.281. The average Bonchev–Trinajstić information content (AvgIpc) is 2.71. The van der Waals surface area contributed by atoms with Crippen LogP contribution < -0.4 is 26.8 Å². The van der Waals surface area contributed by atoms with E-state index < -0.39 is 6.04 Å². The molecule has 10 nitrogen and oxygen atoms in total. The fourth-order valence-electron chi connectivity index (χ4n) is 3.17. The Morgan fingerprint density at radius 1 is 1.30 bits per heavy atom. The molecular weight excluding hydrogens is 382 g/mol. The number of ether oxygens (including phenoxy) is 1. The summed E-state index contributed by atoms with van der Waals surface area (Å²) in [7, 11) is 4.03. The van der Waals surface area contributed by atoms with Gasteiger partial charge in [0.25, 0.3) is 0 Å². The normalized spacial score (nSPS) is 14.7. The predicted octanol–water partition coefficient (Wildman–Crippen LogP) is 1.39. The van der Waals surface area contributed by atoms with Crippen LogP contribution in [0.5, 0.6) is 5.75 Å². The lowest BCUT2D eigenvalue weighted by Gasteiger charge is -2.26. The number of aromatic nitrogens is 1. The Hall–Kier alpha value is -4.02. The first kappa shape index (κ1) is 20.7. The van der Waals surface area contributed by atoms with E-state index in [0.717, 1.165) is 18.5 Å². The number of nitrogens with zero attached hydrogens (tertiary/aromatic N) is 5. The van der Waals surface area contributed by atoms with Crippen molar-refractivity contribution >= 4 is 23.3 Å². The predicted molar refractivity (Wildman–Crippen MR) is 115 cm³/mol. The molecule has 0 spiro atoms. The quantitative estimate of drug-likeness (QED) is 0.316. The number of nitrogen functional groups attached to an aromatic ring is 2. The minimum atomic E-state index is -0.595. The van der Waals surface area contributed by atoms with Crippen molar-refractivity contribution in [1.29, 1.82) is 10.5 Å². The molecule has 0 amide bonds. The number of pyridine rings is 1. The summed E-state index contributed by atoms with van der Waals surface area (Å²) in [6, 6.07) is 8.86. The summed E-state index contributed by atoms with van der Waals surface area (Å²) < 4.78 is 5.87. The van der Waals surface area contributed by atoms with Crippen LogP contribution in [0.1, 0.15) is 29.2 Å². The monoisotopic (exact) mass is 405 g/mol. The van der Waals surface area contributed by atoms with Gasteiger partial charge in [0.05, 0.1) is 12.3 Å². The molecule has 0 bridgehead atoms. The molecule has 2 heterocycles. The largest absolute Gasteiger partial charge is 0.494 e. The first-order valence-corrected chi connectivity index (χ1v) is 9.31. The van der Waals surface area contributed by atoms with Crippen molar-refractivity contribution in [3.8, 4) is 18.0 Å². The first-order chi connectivity index (χ1) is 14.4. The van der Waals surface area contributed by atoms with Crippen LogP contribution in [0.2, 0.25) is 0 Å². The number of fused-ring (bicyclic) bond motifs is 1. The molecule has 1 unspecified atom stereocenters. The molecular formula is C20H23N9O. The Labute approximate surface area is 174 Å². The van der Waals surface area contributed by atoms with E-state index in [1.54, 1.807) is 0 Å². The van der Waals surface area contributed by atoms with E-state index in [4.69, 9.17) is 21.5 Å². The van der Waals surface area contributed by atoms with Crippen LogP contribution in [-0.4, -0.2) is 43.1 Å². The SMILES string of the molecule is CN(C)CCCOc1cccc(C2N=C(NC#N)Nc3nc(N)c(C#N)c(N)c32)c1. The van der Waals surface area contributed by atoms with Gasteiger partial charge in [-0.3, -0.25) is 5.32 Å². The Morgan fingerprint density at radius 2 is 2.10 bits per heavy atom.